The van der Waals surface area contributed by atoms with Crippen molar-refractivity contribution < 1.29 is 14.3 Å². The lowest BCUT2D eigenvalue weighted by molar-refractivity contribution is -0.135. The molecule has 3 rings (SSSR count). The zero-order chi connectivity index (χ0) is 18.7. The monoisotopic (exact) mass is 358 g/mol. The summed E-state index contributed by atoms with van der Waals surface area (Å²) in [5.41, 5.74) is 2.67. The van der Waals surface area contributed by atoms with Crippen LogP contribution in [0.5, 0.6) is 5.75 Å². The summed E-state index contributed by atoms with van der Waals surface area (Å²) in [5, 5.41) is 0. The van der Waals surface area contributed by atoms with Crippen LogP contribution in [-0.4, -0.2) is 54.9 Å². The molecule has 0 atom stereocenters. The Balaban J connectivity index is 1.71. The second kappa shape index (κ2) is 8.11. The second-order valence-electron chi connectivity index (χ2n) is 7.61. The molecule has 1 aliphatic carbocycles. The Hall–Kier alpha value is -2.04. The van der Waals surface area contributed by atoms with Crippen LogP contribution < -0.4 is 4.74 Å². The minimum atomic E-state index is 0.00881. The first-order valence-electron chi connectivity index (χ1n) is 9.74. The molecule has 0 bridgehead atoms. The van der Waals surface area contributed by atoms with Crippen LogP contribution in [0.3, 0.4) is 0 Å². The van der Waals surface area contributed by atoms with Crippen LogP contribution in [-0.2, 0) is 4.79 Å². The van der Waals surface area contributed by atoms with E-state index < -0.39 is 0 Å². The molecule has 1 aromatic rings. The van der Waals surface area contributed by atoms with E-state index in [1.165, 1.54) is 12.8 Å². The van der Waals surface area contributed by atoms with Crippen molar-refractivity contribution in [1.82, 2.24) is 9.80 Å². The van der Waals surface area contributed by atoms with E-state index in [-0.39, 0.29) is 11.8 Å². The van der Waals surface area contributed by atoms with Crippen LogP contribution in [0.1, 0.15) is 53.6 Å². The molecule has 1 aromatic carbocycles. The highest BCUT2D eigenvalue weighted by molar-refractivity contribution is 5.98. The van der Waals surface area contributed by atoms with E-state index in [9.17, 15) is 9.59 Å². The van der Waals surface area contributed by atoms with Gasteiger partial charge in [-0.15, -0.1) is 0 Å². The van der Waals surface area contributed by atoms with Crippen molar-refractivity contribution in [2.45, 2.75) is 46.0 Å². The maximum atomic E-state index is 13.1. The largest absolute Gasteiger partial charge is 0.496 e. The number of carbonyl (C=O) groups is 2. The Bertz CT molecular complexity index is 680. The number of benzene rings is 1. The average Bonchev–Trinajstić information content (AvgIpc) is 3.04. The summed E-state index contributed by atoms with van der Waals surface area (Å²) in [4.78, 5) is 29.7. The Morgan fingerprint density at radius 1 is 0.962 bits per heavy atom. The van der Waals surface area contributed by atoms with E-state index in [0.29, 0.717) is 36.9 Å². The fraction of sp³-hybridized carbons (Fsp3) is 0.619. The lowest BCUT2D eigenvalue weighted by Gasteiger charge is -2.25. The Labute approximate surface area is 156 Å². The Morgan fingerprint density at radius 2 is 1.62 bits per heavy atom. The highest BCUT2D eigenvalue weighted by atomic mass is 16.5. The molecule has 1 aliphatic heterocycles. The summed E-state index contributed by atoms with van der Waals surface area (Å²) in [7, 11) is 1.61. The number of ether oxygens (including phenoxy) is 1. The highest BCUT2D eigenvalue weighted by Gasteiger charge is 2.30. The minimum Gasteiger partial charge on any atom is -0.496 e. The molecular weight excluding hydrogens is 328 g/mol. The quantitative estimate of drug-likeness (QED) is 0.834. The summed E-state index contributed by atoms with van der Waals surface area (Å²) >= 11 is 0. The van der Waals surface area contributed by atoms with Crippen molar-refractivity contribution in [2.24, 2.45) is 5.92 Å². The van der Waals surface area contributed by atoms with Gasteiger partial charge >= 0.3 is 0 Å². The molecule has 2 amide bonds. The topological polar surface area (TPSA) is 49.9 Å². The van der Waals surface area contributed by atoms with Gasteiger partial charge in [0.1, 0.15) is 5.75 Å². The zero-order valence-corrected chi connectivity index (χ0v) is 16.2. The minimum absolute atomic E-state index is 0.00881. The number of aryl methyl sites for hydroxylation is 2. The maximum Gasteiger partial charge on any atom is 0.257 e. The van der Waals surface area contributed by atoms with Crippen LogP contribution in [0.2, 0.25) is 0 Å². The first kappa shape index (κ1) is 18.7. The predicted octanol–water partition coefficient (Wildman–Crippen LogP) is 3.18. The first-order valence-corrected chi connectivity index (χ1v) is 9.74. The molecule has 1 saturated carbocycles. The van der Waals surface area contributed by atoms with Crippen LogP contribution in [0.15, 0.2) is 12.1 Å². The number of carbonyl (C=O) groups excluding carboxylic acids is 2. The SMILES string of the molecule is COc1cc(C)cc(C)c1C(=O)N1CCCN(C(=O)C2CCCC2)CC1. The number of amides is 2. The second-order valence-corrected chi connectivity index (χ2v) is 7.61. The van der Waals surface area contributed by atoms with Crippen molar-refractivity contribution in [3.8, 4) is 5.75 Å². The molecule has 0 unspecified atom stereocenters. The molecule has 0 spiro atoms. The number of hydrogen-bond donors (Lipinski definition) is 0. The molecule has 142 valence electrons. The van der Waals surface area contributed by atoms with E-state index in [2.05, 4.69) is 0 Å². The number of hydrogen-bond acceptors (Lipinski definition) is 3. The summed E-state index contributed by atoms with van der Waals surface area (Å²) in [6, 6.07) is 3.93. The van der Waals surface area contributed by atoms with Crippen molar-refractivity contribution in [2.75, 3.05) is 33.3 Å². The van der Waals surface area contributed by atoms with Crippen molar-refractivity contribution in [3.63, 3.8) is 0 Å². The molecule has 0 N–H and O–H groups in total. The molecule has 1 saturated heterocycles. The summed E-state index contributed by atoms with van der Waals surface area (Å²) in [6.45, 7) is 6.62. The van der Waals surface area contributed by atoms with E-state index in [1.807, 2.05) is 35.8 Å². The van der Waals surface area contributed by atoms with Gasteiger partial charge in [-0.3, -0.25) is 9.59 Å². The van der Waals surface area contributed by atoms with Gasteiger partial charge in [-0.2, -0.15) is 0 Å². The zero-order valence-electron chi connectivity index (χ0n) is 16.2. The lowest BCUT2D eigenvalue weighted by Crippen LogP contribution is -2.39. The van der Waals surface area contributed by atoms with Gasteiger partial charge < -0.3 is 14.5 Å². The van der Waals surface area contributed by atoms with Crippen molar-refractivity contribution in [3.05, 3.63) is 28.8 Å². The standard InChI is InChI=1S/C21H30N2O3/c1-15-13-16(2)19(18(14-15)26-3)21(25)23-10-6-9-22(11-12-23)20(24)17-7-4-5-8-17/h13-14,17H,4-12H2,1-3H3. The van der Waals surface area contributed by atoms with Gasteiger partial charge in [0.05, 0.1) is 12.7 Å². The van der Waals surface area contributed by atoms with Crippen LogP contribution in [0, 0.1) is 19.8 Å². The number of methoxy groups -OCH3 is 1. The smallest absolute Gasteiger partial charge is 0.257 e. The maximum absolute atomic E-state index is 13.1. The van der Waals surface area contributed by atoms with E-state index in [1.54, 1.807) is 7.11 Å². The van der Waals surface area contributed by atoms with Gasteiger partial charge in [-0.1, -0.05) is 18.9 Å². The fourth-order valence-electron chi connectivity index (χ4n) is 4.29. The average molecular weight is 358 g/mol. The summed E-state index contributed by atoms with van der Waals surface area (Å²) in [6.07, 6.45) is 5.22. The molecule has 26 heavy (non-hydrogen) atoms. The van der Waals surface area contributed by atoms with Crippen molar-refractivity contribution in [1.29, 1.82) is 0 Å². The van der Waals surface area contributed by atoms with Crippen molar-refractivity contribution >= 4 is 11.8 Å². The molecule has 2 aliphatic rings. The van der Waals surface area contributed by atoms with Gasteiger partial charge in [0.2, 0.25) is 5.91 Å². The van der Waals surface area contributed by atoms with Gasteiger partial charge in [-0.05, 0) is 50.3 Å². The molecular formula is C21H30N2O3. The number of nitrogens with zero attached hydrogens (tertiary/aromatic N) is 2. The lowest BCUT2D eigenvalue weighted by atomic mass is 10.0. The van der Waals surface area contributed by atoms with Crippen LogP contribution in [0.25, 0.3) is 0 Å². The van der Waals surface area contributed by atoms with Gasteiger partial charge in [0, 0.05) is 32.1 Å². The van der Waals surface area contributed by atoms with E-state index in [4.69, 9.17) is 4.74 Å². The summed E-state index contributed by atoms with van der Waals surface area (Å²) in [5.74, 6) is 1.14. The fourth-order valence-corrected chi connectivity index (χ4v) is 4.29. The van der Waals surface area contributed by atoms with Gasteiger partial charge in [0.25, 0.3) is 5.91 Å². The third kappa shape index (κ3) is 3.87. The normalized spacial score (nSPS) is 18.7. The van der Waals surface area contributed by atoms with E-state index >= 15 is 0 Å². The van der Waals surface area contributed by atoms with E-state index in [0.717, 1.165) is 36.9 Å². The molecule has 0 aromatic heterocycles. The van der Waals surface area contributed by atoms with Crippen LogP contribution in [0.4, 0.5) is 0 Å². The third-order valence-corrected chi connectivity index (χ3v) is 5.68. The molecule has 5 heteroatoms. The van der Waals surface area contributed by atoms with Gasteiger partial charge in [0.15, 0.2) is 0 Å². The van der Waals surface area contributed by atoms with Crippen LogP contribution >= 0.6 is 0 Å². The first-order chi connectivity index (χ1) is 12.5. The highest BCUT2D eigenvalue weighted by Crippen LogP contribution is 2.28. The summed E-state index contributed by atoms with van der Waals surface area (Å²) < 4.78 is 5.47. The Kier molecular flexibility index (Phi) is 5.84. The number of rotatable bonds is 3. The molecule has 1 heterocycles. The predicted molar refractivity (Wildman–Crippen MR) is 102 cm³/mol. The molecule has 0 radical (unpaired) electrons. The molecule has 2 fully saturated rings. The molecule has 5 nitrogen and oxygen atoms in total. The Morgan fingerprint density at radius 3 is 2.31 bits per heavy atom. The third-order valence-electron chi connectivity index (χ3n) is 5.68. The van der Waals surface area contributed by atoms with Gasteiger partial charge in [-0.25, -0.2) is 0 Å².